The van der Waals surface area contributed by atoms with Gasteiger partial charge in [0.25, 0.3) is 0 Å². The number of rotatable bonds is 2. The summed E-state index contributed by atoms with van der Waals surface area (Å²) in [5.41, 5.74) is 17.0. The summed E-state index contributed by atoms with van der Waals surface area (Å²) in [5, 5.41) is 3.58. The molecule has 0 amide bonds. The van der Waals surface area contributed by atoms with E-state index < -0.39 is 0 Å². The second-order valence-corrected chi connectivity index (χ2v) is 14.4. The summed E-state index contributed by atoms with van der Waals surface area (Å²) in [6.07, 6.45) is 14.1. The summed E-state index contributed by atoms with van der Waals surface area (Å²) < 4.78 is 2.33. The molecule has 1 heterocycles. The zero-order valence-corrected chi connectivity index (χ0v) is 30.5. The third kappa shape index (κ3) is 7.95. The normalized spacial score (nSPS) is 18.3. The SMILES string of the molecule is C=C1CCCc2cc(n(C)c2)CCc2cc(c3ccccc3c2)CCCCC/C(C(=C)C)=C(/C)c2c(C)ccc(Cl)c2C1=C(C)CC. The molecule has 47 heavy (non-hydrogen) atoms. The highest BCUT2D eigenvalue weighted by Crippen LogP contribution is 2.42. The van der Waals surface area contributed by atoms with Gasteiger partial charge in [-0.15, -0.1) is 0 Å². The van der Waals surface area contributed by atoms with Crippen molar-refractivity contribution in [1.29, 1.82) is 0 Å². The molecule has 0 N–H and O–H groups in total. The van der Waals surface area contributed by atoms with Gasteiger partial charge in [0.2, 0.25) is 0 Å². The van der Waals surface area contributed by atoms with E-state index in [9.17, 15) is 0 Å². The molecule has 246 valence electrons. The van der Waals surface area contributed by atoms with Crippen LogP contribution >= 0.6 is 11.6 Å². The Kier molecular flexibility index (Phi) is 11.5. The summed E-state index contributed by atoms with van der Waals surface area (Å²) in [4.78, 5) is 0. The molecule has 0 spiro atoms. The minimum atomic E-state index is 0.812. The summed E-state index contributed by atoms with van der Waals surface area (Å²) in [5.74, 6) is 0. The average Bonchev–Trinajstić information content (AvgIpc) is 3.40. The van der Waals surface area contributed by atoms with E-state index in [0.717, 1.165) is 73.9 Å². The Morgan fingerprint density at radius 3 is 2.34 bits per heavy atom. The predicted octanol–water partition coefficient (Wildman–Crippen LogP) is 13.2. The van der Waals surface area contributed by atoms with Crippen molar-refractivity contribution in [3.63, 3.8) is 0 Å². The van der Waals surface area contributed by atoms with Crippen molar-refractivity contribution in [3.8, 4) is 0 Å². The molecule has 3 aromatic carbocycles. The molecule has 1 nitrogen and oxygen atoms in total. The molecular formula is C45H54ClN. The van der Waals surface area contributed by atoms with Crippen molar-refractivity contribution in [2.24, 2.45) is 7.05 Å². The van der Waals surface area contributed by atoms with E-state index in [1.54, 1.807) is 0 Å². The third-order valence-corrected chi connectivity index (χ3v) is 10.7. The first kappa shape index (κ1) is 34.8. The zero-order valence-electron chi connectivity index (χ0n) is 29.8. The van der Waals surface area contributed by atoms with Gasteiger partial charge in [-0.25, -0.2) is 0 Å². The Balaban J connectivity index is 1.57. The molecule has 0 radical (unpaired) electrons. The molecule has 0 aliphatic heterocycles. The highest BCUT2D eigenvalue weighted by atomic mass is 35.5. The first-order valence-electron chi connectivity index (χ1n) is 17.8. The van der Waals surface area contributed by atoms with E-state index in [1.807, 2.05) is 0 Å². The van der Waals surface area contributed by atoms with Crippen molar-refractivity contribution in [2.75, 3.05) is 0 Å². The van der Waals surface area contributed by atoms with Gasteiger partial charge < -0.3 is 4.57 Å². The van der Waals surface area contributed by atoms with Crippen LogP contribution < -0.4 is 0 Å². The van der Waals surface area contributed by atoms with Crippen LogP contribution in [0.4, 0.5) is 0 Å². The van der Waals surface area contributed by atoms with Crippen molar-refractivity contribution in [3.05, 3.63) is 140 Å². The van der Waals surface area contributed by atoms with Crippen LogP contribution in [-0.4, -0.2) is 4.57 Å². The number of allylic oxidation sites excluding steroid dienone is 6. The van der Waals surface area contributed by atoms with Crippen LogP contribution in [0.25, 0.3) is 21.9 Å². The van der Waals surface area contributed by atoms with Gasteiger partial charge >= 0.3 is 0 Å². The quantitative estimate of drug-likeness (QED) is 0.205. The largest absolute Gasteiger partial charge is 0.354 e. The summed E-state index contributed by atoms with van der Waals surface area (Å²) in [6.45, 7) is 20.4. The predicted molar refractivity (Wildman–Crippen MR) is 208 cm³/mol. The molecular weight excluding hydrogens is 590 g/mol. The van der Waals surface area contributed by atoms with Crippen LogP contribution in [0.15, 0.2) is 96.2 Å². The van der Waals surface area contributed by atoms with Gasteiger partial charge in [0.1, 0.15) is 0 Å². The molecule has 5 rings (SSSR count). The Morgan fingerprint density at radius 1 is 0.809 bits per heavy atom. The van der Waals surface area contributed by atoms with Crippen LogP contribution in [0.1, 0.15) is 112 Å². The standard InChI is InChI=1S/C45H54ClN/c1-9-31(4)43-32(5)16-15-17-36-28-39(47(8)29-36)24-23-35-26-37(41-21-14-13-19-38(41)27-35)18-11-10-12-20-40(30(2)3)34(7)44-33(6)22-25-42(46)45(43)44/h13-14,19,21-22,25-29H,2,5,9-12,15-18,20,23-24H2,1,3-4,6-8H3/b40-34+,43-31?. The lowest BCUT2D eigenvalue weighted by atomic mass is 9.82. The molecule has 0 unspecified atom stereocenters. The monoisotopic (exact) mass is 643 g/mol. The lowest BCUT2D eigenvalue weighted by molar-refractivity contribution is 0.679. The number of halogens is 1. The van der Waals surface area contributed by atoms with Crippen LogP contribution in [0, 0.1) is 6.92 Å². The van der Waals surface area contributed by atoms with Crippen molar-refractivity contribution >= 4 is 33.5 Å². The fraction of sp³-hybridized carbons (Fsp3) is 0.378. The molecule has 1 aromatic heterocycles. The van der Waals surface area contributed by atoms with E-state index in [2.05, 4.69) is 114 Å². The van der Waals surface area contributed by atoms with Crippen LogP contribution in [0.5, 0.6) is 0 Å². The Morgan fingerprint density at radius 2 is 1.57 bits per heavy atom. The smallest absolute Gasteiger partial charge is 0.0490 e. The summed E-state index contributed by atoms with van der Waals surface area (Å²) >= 11 is 7.16. The number of benzene rings is 3. The minimum Gasteiger partial charge on any atom is -0.354 e. The summed E-state index contributed by atoms with van der Waals surface area (Å²) in [7, 11) is 2.20. The highest BCUT2D eigenvalue weighted by molar-refractivity contribution is 6.33. The van der Waals surface area contributed by atoms with Gasteiger partial charge in [-0.3, -0.25) is 0 Å². The third-order valence-electron chi connectivity index (χ3n) is 10.4. The van der Waals surface area contributed by atoms with Crippen LogP contribution in [-0.2, 0) is 32.7 Å². The van der Waals surface area contributed by atoms with Gasteiger partial charge in [-0.05, 0) is 165 Å². The van der Waals surface area contributed by atoms with E-state index in [-0.39, 0.29) is 0 Å². The second kappa shape index (κ2) is 15.6. The second-order valence-electron chi connectivity index (χ2n) is 14.0. The lowest BCUT2D eigenvalue weighted by Gasteiger charge is -2.24. The molecule has 0 saturated heterocycles. The van der Waals surface area contributed by atoms with Crippen molar-refractivity contribution in [2.45, 2.75) is 105 Å². The average molecular weight is 644 g/mol. The van der Waals surface area contributed by atoms with Crippen LogP contribution in [0.3, 0.4) is 0 Å². The molecule has 0 atom stereocenters. The number of hydrogen-bond acceptors (Lipinski definition) is 0. The summed E-state index contributed by atoms with van der Waals surface area (Å²) in [6, 6.07) is 20.5. The first-order chi connectivity index (χ1) is 22.6. The molecule has 0 saturated carbocycles. The van der Waals surface area contributed by atoms with E-state index in [0.29, 0.717) is 0 Å². The van der Waals surface area contributed by atoms with Gasteiger partial charge in [0.05, 0.1) is 0 Å². The van der Waals surface area contributed by atoms with Gasteiger partial charge in [0, 0.05) is 29.5 Å². The van der Waals surface area contributed by atoms with Crippen molar-refractivity contribution < 1.29 is 0 Å². The van der Waals surface area contributed by atoms with Gasteiger partial charge in [-0.1, -0.05) is 91.7 Å². The zero-order chi connectivity index (χ0) is 33.7. The molecule has 0 fully saturated rings. The number of hydrogen-bond donors (Lipinski definition) is 0. The van der Waals surface area contributed by atoms with Crippen molar-refractivity contribution in [1.82, 2.24) is 4.57 Å². The highest BCUT2D eigenvalue weighted by Gasteiger charge is 2.22. The van der Waals surface area contributed by atoms with Crippen LogP contribution in [0.2, 0.25) is 5.02 Å². The molecule has 4 aromatic rings. The fourth-order valence-electron chi connectivity index (χ4n) is 7.73. The van der Waals surface area contributed by atoms with Gasteiger partial charge in [-0.2, -0.15) is 0 Å². The number of aryl methyl sites for hydroxylation is 6. The maximum atomic E-state index is 7.16. The number of nitrogens with zero attached hydrogens (tertiary/aromatic N) is 1. The van der Waals surface area contributed by atoms with E-state index >= 15 is 0 Å². The van der Waals surface area contributed by atoms with E-state index in [4.69, 9.17) is 18.2 Å². The van der Waals surface area contributed by atoms with E-state index in [1.165, 1.54) is 85.0 Å². The number of fused-ring (bicyclic) bond motifs is 7. The Bertz CT molecular complexity index is 1860. The molecule has 4 bridgehead atoms. The maximum Gasteiger partial charge on any atom is 0.0490 e. The topological polar surface area (TPSA) is 4.93 Å². The molecule has 1 aliphatic carbocycles. The number of aromatic nitrogens is 1. The fourth-order valence-corrected chi connectivity index (χ4v) is 7.98. The molecule has 1 aliphatic rings. The Labute approximate surface area is 289 Å². The molecule has 2 heteroatoms. The maximum absolute atomic E-state index is 7.16. The Hall–Kier alpha value is -3.55. The van der Waals surface area contributed by atoms with Gasteiger partial charge in [0.15, 0.2) is 0 Å². The first-order valence-corrected chi connectivity index (χ1v) is 18.1. The minimum absolute atomic E-state index is 0.812. The lowest BCUT2D eigenvalue weighted by Crippen LogP contribution is -2.04.